The van der Waals surface area contributed by atoms with Gasteiger partial charge in [-0.25, -0.2) is 0 Å². The third kappa shape index (κ3) is 7.39. The van der Waals surface area contributed by atoms with E-state index in [0.717, 1.165) is 0 Å². The van der Waals surface area contributed by atoms with Gasteiger partial charge in [0.1, 0.15) is 0 Å². The molecule has 0 aromatic heterocycles. The molecule has 10 heavy (non-hydrogen) atoms. The molecule has 0 aromatic rings. The fourth-order valence-electron chi connectivity index (χ4n) is 0.379. The molecule has 0 bridgehead atoms. The summed E-state index contributed by atoms with van der Waals surface area (Å²) in [4.78, 5) is 9.89. The molecule has 0 spiro atoms. The number of aliphatic hydroxyl groups excluding tert-OH is 1. The van der Waals surface area contributed by atoms with Crippen LogP contribution in [-0.2, 0) is 9.53 Å². The van der Waals surface area contributed by atoms with Crippen molar-refractivity contribution in [2.24, 2.45) is 0 Å². The van der Waals surface area contributed by atoms with Crippen LogP contribution in [0.5, 0.6) is 0 Å². The van der Waals surface area contributed by atoms with E-state index in [-0.39, 0.29) is 19.6 Å². The summed E-state index contributed by atoms with van der Waals surface area (Å²) in [5.41, 5.74) is 0. The Morgan fingerprint density at radius 3 is 2.70 bits per heavy atom. The van der Waals surface area contributed by atoms with E-state index in [1.54, 1.807) is 0 Å². The summed E-state index contributed by atoms with van der Waals surface area (Å²) >= 11 is 0. The number of aliphatic carboxylic acids is 1. The van der Waals surface area contributed by atoms with E-state index in [4.69, 9.17) is 14.9 Å². The summed E-state index contributed by atoms with van der Waals surface area (Å²) in [5.74, 6) is -0.904. The van der Waals surface area contributed by atoms with Crippen LogP contribution in [0.3, 0.4) is 0 Å². The molecule has 4 nitrogen and oxygen atoms in total. The van der Waals surface area contributed by atoms with E-state index >= 15 is 0 Å². The summed E-state index contributed by atoms with van der Waals surface area (Å²) in [6.07, 6.45) is -0.805. The second kappa shape index (κ2) is 5.20. The quantitative estimate of drug-likeness (QED) is 0.523. The SMILES string of the molecule is [CH2]C(O)COCCC(=O)O. The van der Waals surface area contributed by atoms with Crippen molar-refractivity contribution < 1.29 is 19.7 Å². The summed E-state index contributed by atoms with van der Waals surface area (Å²) < 4.78 is 4.71. The highest BCUT2D eigenvalue weighted by molar-refractivity contribution is 5.66. The Bertz CT molecular complexity index is 99.9. The van der Waals surface area contributed by atoms with Crippen molar-refractivity contribution in [1.82, 2.24) is 0 Å². The maximum absolute atomic E-state index is 9.89. The lowest BCUT2D eigenvalue weighted by molar-refractivity contribution is -0.138. The zero-order valence-electron chi connectivity index (χ0n) is 5.62. The standard InChI is InChI=1S/C6H11O4/c1-5(7)4-10-3-2-6(8)9/h5,7H,1-4H2,(H,8,9). The average Bonchev–Trinajstić information content (AvgIpc) is 1.79. The topological polar surface area (TPSA) is 66.8 Å². The normalized spacial score (nSPS) is 13.0. The lowest BCUT2D eigenvalue weighted by Crippen LogP contribution is -2.12. The zero-order chi connectivity index (χ0) is 7.98. The van der Waals surface area contributed by atoms with Gasteiger partial charge in [0, 0.05) is 0 Å². The van der Waals surface area contributed by atoms with Crippen LogP contribution in [0.15, 0.2) is 0 Å². The number of carboxylic acids is 1. The first kappa shape index (κ1) is 9.39. The van der Waals surface area contributed by atoms with Crippen LogP contribution in [0.4, 0.5) is 0 Å². The number of rotatable bonds is 5. The van der Waals surface area contributed by atoms with Crippen molar-refractivity contribution in [3.63, 3.8) is 0 Å². The minimum Gasteiger partial charge on any atom is -0.481 e. The highest BCUT2D eigenvalue weighted by atomic mass is 16.5. The molecule has 59 valence electrons. The third-order valence-corrected chi connectivity index (χ3v) is 0.771. The Balaban J connectivity index is 2.98. The van der Waals surface area contributed by atoms with Crippen molar-refractivity contribution in [3.05, 3.63) is 6.92 Å². The average molecular weight is 147 g/mol. The Labute approximate surface area is 59.4 Å². The van der Waals surface area contributed by atoms with Crippen LogP contribution in [0.25, 0.3) is 0 Å². The second-order valence-electron chi connectivity index (χ2n) is 1.87. The molecule has 0 aromatic carbocycles. The molecule has 1 atom stereocenters. The van der Waals surface area contributed by atoms with Crippen LogP contribution < -0.4 is 0 Å². The fourth-order valence-corrected chi connectivity index (χ4v) is 0.379. The summed E-state index contributed by atoms with van der Waals surface area (Å²) in [5, 5.41) is 16.7. The van der Waals surface area contributed by atoms with Gasteiger partial charge in [-0.3, -0.25) is 4.79 Å². The highest BCUT2D eigenvalue weighted by Gasteiger charge is 1.98. The number of hydrogen-bond acceptors (Lipinski definition) is 3. The van der Waals surface area contributed by atoms with Gasteiger partial charge in [-0.1, -0.05) is 0 Å². The third-order valence-electron chi connectivity index (χ3n) is 0.771. The molecule has 0 heterocycles. The molecular formula is C6H11O4. The van der Waals surface area contributed by atoms with E-state index in [0.29, 0.717) is 0 Å². The first-order valence-corrected chi connectivity index (χ1v) is 2.93. The summed E-state index contributed by atoms with van der Waals surface area (Å²) in [7, 11) is 0. The second-order valence-corrected chi connectivity index (χ2v) is 1.87. The molecule has 4 heteroatoms. The van der Waals surface area contributed by atoms with Gasteiger partial charge in [0.2, 0.25) is 0 Å². The summed E-state index contributed by atoms with van der Waals surface area (Å²) in [6, 6.07) is 0. The van der Waals surface area contributed by atoms with Gasteiger partial charge < -0.3 is 14.9 Å². The van der Waals surface area contributed by atoms with Crippen molar-refractivity contribution in [1.29, 1.82) is 0 Å². The maximum Gasteiger partial charge on any atom is 0.305 e. The van der Waals surface area contributed by atoms with E-state index in [1.165, 1.54) is 0 Å². The molecule has 2 N–H and O–H groups in total. The lowest BCUT2D eigenvalue weighted by Gasteiger charge is -2.03. The van der Waals surface area contributed by atoms with Crippen LogP contribution in [0.2, 0.25) is 0 Å². The fraction of sp³-hybridized carbons (Fsp3) is 0.667. The van der Waals surface area contributed by atoms with Gasteiger partial charge in [0.05, 0.1) is 25.7 Å². The van der Waals surface area contributed by atoms with Crippen LogP contribution >= 0.6 is 0 Å². The Morgan fingerprint density at radius 2 is 2.30 bits per heavy atom. The van der Waals surface area contributed by atoms with Gasteiger partial charge in [-0.15, -0.1) is 0 Å². The molecule has 0 fully saturated rings. The van der Waals surface area contributed by atoms with Crippen LogP contribution in [-0.4, -0.2) is 35.5 Å². The number of carbonyl (C=O) groups is 1. The zero-order valence-corrected chi connectivity index (χ0v) is 5.62. The Kier molecular flexibility index (Phi) is 4.88. The lowest BCUT2D eigenvalue weighted by atomic mass is 10.4. The molecule has 1 unspecified atom stereocenters. The van der Waals surface area contributed by atoms with Crippen molar-refractivity contribution in [2.45, 2.75) is 12.5 Å². The van der Waals surface area contributed by atoms with Gasteiger partial charge >= 0.3 is 5.97 Å². The number of hydrogen-bond donors (Lipinski definition) is 2. The van der Waals surface area contributed by atoms with E-state index in [1.807, 2.05) is 0 Å². The smallest absolute Gasteiger partial charge is 0.305 e. The summed E-state index contributed by atoms with van der Waals surface area (Å²) in [6.45, 7) is 3.46. The molecule has 0 saturated heterocycles. The monoisotopic (exact) mass is 147 g/mol. The number of ether oxygens (including phenoxy) is 1. The molecule has 0 rings (SSSR count). The maximum atomic E-state index is 9.89. The van der Waals surface area contributed by atoms with Gasteiger partial charge in [0.15, 0.2) is 0 Å². The first-order valence-electron chi connectivity index (χ1n) is 2.93. The van der Waals surface area contributed by atoms with Crippen molar-refractivity contribution in [3.8, 4) is 0 Å². The number of aliphatic hydroxyl groups is 1. The molecule has 0 aliphatic heterocycles. The van der Waals surface area contributed by atoms with E-state index in [2.05, 4.69) is 6.92 Å². The molecule has 1 radical (unpaired) electrons. The number of carboxylic acid groups (broad SMARTS) is 1. The van der Waals surface area contributed by atoms with Crippen molar-refractivity contribution in [2.75, 3.05) is 13.2 Å². The van der Waals surface area contributed by atoms with Crippen LogP contribution in [0.1, 0.15) is 6.42 Å². The van der Waals surface area contributed by atoms with Crippen molar-refractivity contribution >= 4 is 5.97 Å². The molecule has 0 amide bonds. The molecule has 0 saturated carbocycles. The van der Waals surface area contributed by atoms with Gasteiger partial charge in [0.25, 0.3) is 0 Å². The van der Waals surface area contributed by atoms with E-state index < -0.39 is 12.1 Å². The Hall–Kier alpha value is -0.610. The predicted molar refractivity (Wildman–Crippen MR) is 34.4 cm³/mol. The van der Waals surface area contributed by atoms with E-state index in [9.17, 15) is 4.79 Å². The minimum atomic E-state index is -0.904. The molecule has 0 aliphatic rings. The largest absolute Gasteiger partial charge is 0.481 e. The highest BCUT2D eigenvalue weighted by Crippen LogP contribution is 1.85. The van der Waals surface area contributed by atoms with Gasteiger partial charge in [-0.2, -0.15) is 0 Å². The minimum absolute atomic E-state index is 0.0350. The first-order chi connectivity index (χ1) is 4.63. The molecule has 0 aliphatic carbocycles. The Morgan fingerprint density at radius 1 is 1.70 bits per heavy atom. The molecular weight excluding hydrogens is 136 g/mol. The predicted octanol–water partition coefficient (Wildman–Crippen LogP) is -0.327. The van der Waals surface area contributed by atoms with Crippen LogP contribution in [0, 0.1) is 6.92 Å². The van der Waals surface area contributed by atoms with Gasteiger partial charge in [-0.05, 0) is 6.92 Å².